The Morgan fingerprint density at radius 3 is 2.38 bits per heavy atom. The smallest absolute Gasteiger partial charge is 0.258 e. The first-order chi connectivity index (χ1) is 18.0. The van der Waals surface area contributed by atoms with E-state index in [-0.39, 0.29) is 30.4 Å². The Morgan fingerprint density at radius 2 is 1.65 bits per heavy atom. The van der Waals surface area contributed by atoms with Crippen LogP contribution < -0.4 is 20.9 Å². The Hall–Kier alpha value is -4.17. The topological polar surface area (TPSA) is 99.8 Å². The van der Waals surface area contributed by atoms with Crippen LogP contribution in [0.25, 0.3) is 0 Å². The third-order valence-corrected chi connectivity index (χ3v) is 6.11. The van der Waals surface area contributed by atoms with E-state index in [0.29, 0.717) is 35.6 Å². The minimum absolute atomic E-state index is 0.00324. The number of nitrogens with zero attached hydrogens (tertiary/aromatic N) is 1. The van der Waals surface area contributed by atoms with Crippen LogP contribution in [-0.2, 0) is 9.53 Å². The Labute approximate surface area is 217 Å². The average Bonchev–Trinajstić information content (AvgIpc) is 3.46. The van der Waals surface area contributed by atoms with Crippen LogP contribution in [0.4, 0.5) is 17.1 Å². The summed E-state index contributed by atoms with van der Waals surface area (Å²) in [6.07, 6.45) is 2.03. The van der Waals surface area contributed by atoms with Gasteiger partial charge in [-0.3, -0.25) is 14.4 Å². The van der Waals surface area contributed by atoms with E-state index >= 15 is 0 Å². The van der Waals surface area contributed by atoms with Gasteiger partial charge in [0.15, 0.2) is 0 Å². The van der Waals surface area contributed by atoms with Crippen molar-refractivity contribution in [2.45, 2.75) is 25.9 Å². The Morgan fingerprint density at radius 1 is 0.919 bits per heavy atom. The van der Waals surface area contributed by atoms with E-state index in [1.807, 2.05) is 43.3 Å². The second-order valence-corrected chi connectivity index (χ2v) is 8.79. The lowest BCUT2D eigenvalue weighted by molar-refractivity contribution is -0.114. The number of para-hydroxylation sites is 1. The van der Waals surface area contributed by atoms with Crippen molar-refractivity contribution in [2.75, 3.05) is 41.8 Å². The van der Waals surface area contributed by atoms with E-state index in [1.165, 1.54) is 0 Å². The van der Waals surface area contributed by atoms with Crippen LogP contribution in [0.1, 0.15) is 40.5 Å². The van der Waals surface area contributed by atoms with Gasteiger partial charge in [-0.25, -0.2) is 0 Å². The highest BCUT2D eigenvalue weighted by molar-refractivity contribution is 6.06. The molecule has 0 spiro atoms. The lowest BCUT2D eigenvalue weighted by Crippen LogP contribution is -2.31. The molecule has 0 aliphatic carbocycles. The van der Waals surface area contributed by atoms with Crippen LogP contribution in [-0.4, -0.2) is 50.1 Å². The molecule has 3 aromatic carbocycles. The highest BCUT2D eigenvalue weighted by atomic mass is 16.5. The number of carbonyl (C=O) groups is 3. The number of rotatable bonds is 10. The number of nitrogens with one attached hydrogen (secondary N) is 3. The number of ether oxygens (including phenoxy) is 1. The fourth-order valence-electron chi connectivity index (χ4n) is 4.21. The first-order valence-corrected chi connectivity index (χ1v) is 12.5. The molecule has 0 aromatic heterocycles. The van der Waals surface area contributed by atoms with Crippen molar-refractivity contribution in [3.63, 3.8) is 0 Å². The molecule has 0 saturated carbocycles. The molecule has 37 heavy (non-hydrogen) atoms. The fourth-order valence-corrected chi connectivity index (χ4v) is 4.21. The molecule has 3 N–H and O–H groups in total. The van der Waals surface area contributed by atoms with E-state index in [2.05, 4.69) is 16.0 Å². The summed E-state index contributed by atoms with van der Waals surface area (Å²) in [7, 11) is 0. The zero-order valence-corrected chi connectivity index (χ0v) is 20.9. The van der Waals surface area contributed by atoms with Gasteiger partial charge in [0.1, 0.15) is 0 Å². The van der Waals surface area contributed by atoms with Gasteiger partial charge >= 0.3 is 0 Å². The van der Waals surface area contributed by atoms with E-state index in [1.54, 1.807) is 47.4 Å². The van der Waals surface area contributed by atoms with Crippen LogP contribution in [0.2, 0.25) is 0 Å². The molecule has 3 amide bonds. The molecule has 1 heterocycles. The van der Waals surface area contributed by atoms with Crippen molar-refractivity contribution < 1.29 is 19.1 Å². The van der Waals surface area contributed by atoms with Crippen molar-refractivity contribution in [3.8, 4) is 0 Å². The van der Waals surface area contributed by atoms with E-state index < -0.39 is 0 Å². The van der Waals surface area contributed by atoms with Gasteiger partial charge < -0.3 is 25.6 Å². The van der Waals surface area contributed by atoms with E-state index in [9.17, 15) is 14.4 Å². The van der Waals surface area contributed by atoms with Gasteiger partial charge in [0.2, 0.25) is 5.91 Å². The van der Waals surface area contributed by atoms with Gasteiger partial charge in [-0.15, -0.1) is 0 Å². The summed E-state index contributed by atoms with van der Waals surface area (Å²) in [5.74, 6) is -0.590. The monoisotopic (exact) mass is 500 g/mol. The maximum Gasteiger partial charge on any atom is 0.258 e. The maximum atomic E-state index is 13.1. The third-order valence-electron chi connectivity index (χ3n) is 6.11. The zero-order valence-electron chi connectivity index (χ0n) is 20.9. The van der Waals surface area contributed by atoms with Crippen LogP contribution in [0.3, 0.4) is 0 Å². The molecule has 8 heteroatoms. The predicted octanol–water partition coefficient (Wildman–Crippen LogP) is 4.31. The van der Waals surface area contributed by atoms with Gasteiger partial charge in [-0.05, 0) is 68.3 Å². The van der Waals surface area contributed by atoms with Crippen LogP contribution in [0.5, 0.6) is 0 Å². The summed E-state index contributed by atoms with van der Waals surface area (Å²) >= 11 is 0. The van der Waals surface area contributed by atoms with Gasteiger partial charge in [0, 0.05) is 47.9 Å². The molecule has 1 aliphatic heterocycles. The number of hydrogen-bond acceptors (Lipinski definition) is 5. The first-order valence-electron chi connectivity index (χ1n) is 12.5. The largest absolute Gasteiger partial charge is 0.376 e. The van der Waals surface area contributed by atoms with Gasteiger partial charge in [0.25, 0.3) is 11.8 Å². The number of benzene rings is 3. The van der Waals surface area contributed by atoms with Crippen LogP contribution in [0, 0.1) is 0 Å². The summed E-state index contributed by atoms with van der Waals surface area (Å²) < 4.78 is 5.54. The highest BCUT2D eigenvalue weighted by Gasteiger charge is 2.18. The number of carbonyl (C=O) groups excluding carboxylic acids is 3. The quantitative estimate of drug-likeness (QED) is 0.385. The molecule has 3 aromatic rings. The summed E-state index contributed by atoms with van der Waals surface area (Å²) in [4.78, 5) is 39.8. The molecule has 1 aliphatic rings. The molecule has 1 atom stereocenters. The van der Waals surface area contributed by atoms with E-state index in [0.717, 1.165) is 25.1 Å². The molecule has 0 radical (unpaired) electrons. The minimum Gasteiger partial charge on any atom is -0.376 e. The highest BCUT2D eigenvalue weighted by Crippen LogP contribution is 2.19. The second-order valence-electron chi connectivity index (χ2n) is 8.79. The summed E-state index contributed by atoms with van der Waals surface area (Å²) in [6.45, 7) is 3.68. The average molecular weight is 501 g/mol. The third kappa shape index (κ3) is 7.17. The fraction of sp³-hybridized carbons (Fsp3) is 0.276. The normalized spacial score (nSPS) is 14.6. The van der Waals surface area contributed by atoms with Crippen molar-refractivity contribution in [2.24, 2.45) is 0 Å². The minimum atomic E-state index is -0.270. The summed E-state index contributed by atoms with van der Waals surface area (Å²) in [5.41, 5.74) is 3.01. The van der Waals surface area contributed by atoms with Crippen LogP contribution >= 0.6 is 0 Å². The SMILES string of the molecule is CCN(C(=O)c1cccc(NCC(=O)Nc2cccc(C(=O)NCC3CCCO3)c2)c1)c1ccccc1. The Balaban J connectivity index is 1.31. The molecular weight excluding hydrogens is 468 g/mol. The Bertz CT molecular complexity index is 1230. The standard InChI is InChI=1S/C29H32N4O4/c1-2-33(25-13-4-3-5-14-25)29(36)22-10-7-11-23(18-22)30-20-27(34)32-24-12-6-9-21(17-24)28(35)31-19-26-15-8-16-37-26/h3-7,9-14,17-18,26,30H,2,8,15-16,19-20H2,1H3,(H,31,35)(H,32,34). The van der Waals surface area contributed by atoms with Crippen LogP contribution in [0.15, 0.2) is 78.9 Å². The molecule has 4 rings (SSSR count). The number of amides is 3. The van der Waals surface area contributed by atoms with Crippen molar-refractivity contribution in [1.82, 2.24) is 5.32 Å². The first kappa shape index (κ1) is 25.9. The zero-order chi connectivity index (χ0) is 26.0. The Kier molecular flexibility index (Phi) is 8.89. The molecule has 1 unspecified atom stereocenters. The molecule has 0 bridgehead atoms. The molecule has 1 saturated heterocycles. The van der Waals surface area contributed by atoms with Gasteiger partial charge in [-0.2, -0.15) is 0 Å². The van der Waals surface area contributed by atoms with E-state index in [4.69, 9.17) is 4.74 Å². The lowest BCUT2D eigenvalue weighted by atomic mass is 10.1. The van der Waals surface area contributed by atoms with Crippen molar-refractivity contribution in [1.29, 1.82) is 0 Å². The summed E-state index contributed by atoms with van der Waals surface area (Å²) in [6, 6.07) is 23.4. The van der Waals surface area contributed by atoms with Gasteiger partial charge in [-0.1, -0.05) is 30.3 Å². The molecule has 1 fully saturated rings. The molecule has 192 valence electrons. The van der Waals surface area contributed by atoms with Crippen molar-refractivity contribution in [3.05, 3.63) is 90.0 Å². The predicted molar refractivity (Wildman–Crippen MR) is 145 cm³/mol. The molecule has 8 nitrogen and oxygen atoms in total. The maximum absolute atomic E-state index is 13.1. The number of anilines is 3. The van der Waals surface area contributed by atoms with Gasteiger partial charge in [0.05, 0.1) is 12.6 Å². The van der Waals surface area contributed by atoms with Crippen molar-refractivity contribution >= 4 is 34.8 Å². The number of hydrogen-bond donors (Lipinski definition) is 3. The summed E-state index contributed by atoms with van der Waals surface area (Å²) in [5, 5.41) is 8.76. The lowest BCUT2D eigenvalue weighted by Gasteiger charge is -2.21. The second kappa shape index (κ2) is 12.7. The molecular formula is C29H32N4O4.